The second-order valence-electron chi connectivity index (χ2n) is 8.15. The van der Waals surface area contributed by atoms with E-state index in [2.05, 4.69) is 53.2 Å². The first-order chi connectivity index (χ1) is 15.0. The number of piperidine rings is 1. The van der Waals surface area contributed by atoms with Crippen molar-refractivity contribution in [1.82, 2.24) is 4.90 Å². The molecule has 160 valence electrons. The molecule has 0 radical (unpaired) electrons. The van der Waals surface area contributed by atoms with Crippen LogP contribution < -0.4 is 4.90 Å². The fourth-order valence-electron chi connectivity index (χ4n) is 4.35. The van der Waals surface area contributed by atoms with E-state index in [1.807, 2.05) is 24.3 Å². The fourth-order valence-corrected chi connectivity index (χ4v) is 4.47. The molecule has 4 rings (SSSR count). The van der Waals surface area contributed by atoms with Crippen molar-refractivity contribution in [1.29, 1.82) is 0 Å². The van der Waals surface area contributed by atoms with Crippen molar-refractivity contribution in [2.75, 3.05) is 25.0 Å². The maximum atomic E-state index is 11.1. The summed E-state index contributed by atoms with van der Waals surface area (Å²) in [6.07, 6.45) is 2.17. The van der Waals surface area contributed by atoms with E-state index in [4.69, 9.17) is 16.7 Å². The average Bonchev–Trinajstić information content (AvgIpc) is 2.80. The van der Waals surface area contributed by atoms with Crippen LogP contribution in [-0.2, 0) is 6.54 Å². The van der Waals surface area contributed by atoms with Crippen LogP contribution in [0.25, 0.3) is 11.1 Å². The summed E-state index contributed by atoms with van der Waals surface area (Å²) in [5.41, 5.74) is 5.19. The molecular weight excluding hydrogens is 408 g/mol. The van der Waals surface area contributed by atoms with E-state index in [-0.39, 0.29) is 0 Å². The van der Waals surface area contributed by atoms with Gasteiger partial charge in [0.15, 0.2) is 0 Å². The van der Waals surface area contributed by atoms with Crippen LogP contribution in [-0.4, -0.2) is 42.2 Å². The number of anilines is 1. The fraction of sp³-hybridized carbons (Fsp3) is 0.269. The largest absolute Gasteiger partial charge is 0.478 e. The van der Waals surface area contributed by atoms with Crippen molar-refractivity contribution < 1.29 is 9.90 Å². The summed E-state index contributed by atoms with van der Waals surface area (Å²) < 4.78 is 0. The van der Waals surface area contributed by atoms with Gasteiger partial charge in [-0.15, -0.1) is 0 Å². The third kappa shape index (κ3) is 5.09. The highest BCUT2D eigenvalue weighted by Gasteiger charge is 2.23. The Bertz CT molecular complexity index is 1030. The molecule has 1 aliphatic heterocycles. The van der Waals surface area contributed by atoms with Gasteiger partial charge in [-0.2, -0.15) is 0 Å². The van der Waals surface area contributed by atoms with Crippen molar-refractivity contribution in [2.24, 2.45) is 0 Å². The van der Waals surface area contributed by atoms with Crippen molar-refractivity contribution in [2.45, 2.75) is 25.4 Å². The Hall–Kier alpha value is -2.82. The van der Waals surface area contributed by atoms with E-state index in [0.717, 1.165) is 43.2 Å². The third-order valence-corrected chi connectivity index (χ3v) is 6.41. The first-order valence-electron chi connectivity index (χ1n) is 10.6. The van der Waals surface area contributed by atoms with Gasteiger partial charge in [0.1, 0.15) is 0 Å². The average molecular weight is 435 g/mol. The van der Waals surface area contributed by atoms with Crippen molar-refractivity contribution >= 4 is 23.3 Å². The van der Waals surface area contributed by atoms with Crippen LogP contribution in [0.3, 0.4) is 0 Å². The van der Waals surface area contributed by atoms with Gasteiger partial charge in [0.25, 0.3) is 0 Å². The van der Waals surface area contributed by atoms with E-state index >= 15 is 0 Å². The normalized spacial score (nSPS) is 14.7. The van der Waals surface area contributed by atoms with Gasteiger partial charge < -0.3 is 10.0 Å². The first-order valence-corrected chi connectivity index (χ1v) is 11.0. The lowest BCUT2D eigenvalue weighted by molar-refractivity contribution is 0.0697. The monoisotopic (exact) mass is 434 g/mol. The summed E-state index contributed by atoms with van der Waals surface area (Å²) in [4.78, 5) is 15.9. The van der Waals surface area contributed by atoms with E-state index in [1.54, 1.807) is 12.1 Å². The topological polar surface area (TPSA) is 43.8 Å². The second-order valence-corrected chi connectivity index (χ2v) is 8.59. The zero-order valence-electron chi connectivity index (χ0n) is 17.7. The van der Waals surface area contributed by atoms with Gasteiger partial charge in [-0.25, -0.2) is 4.79 Å². The molecule has 0 bridgehead atoms. The van der Waals surface area contributed by atoms with Crippen LogP contribution in [0.15, 0.2) is 72.8 Å². The summed E-state index contributed by atoms with van der Waals surface area (Å²) >= 11 is 6.06. The highest BCUT2D eigenvalue weighted by molar-refractivity contribution is 6.30. The molecule has 0 unspecified atom stereocenters. The standard InChI is InChI=1S/C26H27ClN2O2/c1-28(18-21-4-2-3-5-25(21)19-6-10-22(27)11-7-19)23-14-16-29(17-15-23)24-12-8-20(9-13-24)26(30)31/h2-13,23H,14-18H2,1H3,(H,30,31). The minimum absolute atomic E-state index is 0.331. The molecule has 31 heavy (non-hydrogen) atoms. The van der Waals surface area contributed by atoms with Crippen LogP contribution in [0.5, 0.6) is 0 Å². The number of hydrogen-bond donors (Lipinski definition) is 1. The van der Waals surface area contributed by atoms with Gasteiger partial charge >= 0.3 is 5.97 Å². The summed E-state index contributed by atoms with van der Waals surface area (Å²) in [6.45, 7) is 2.84. The van der Waals surface area contributed by atoms with E-state index in [1.165, 1.54) is 16.7 Å². The number of benzene rings is 3. The number of carbonyl (C=O) groups is 1. The minimum Gasteiger partial charge on any atom is -0.478 e. The summed E-state index contributed by atoms with van der Waals surface area (Å²) in [7, 11) is 2.21. The van der Waals surface area contributed by atoms with Crippen LogP contribution in [0.1, 0.15) is 28.8 Å². The Kier molecular flexibility index (Phi) is 6.59. The highest BCUT2D eigenvalue weighted by Crippen LogP contribution is 2.28. The molecule has 4 nitrogen and oxygen atoms in total. The molecule has 1 N–H and O–H groups in total. The van der Waals surface area contributed by atoms with Crippen LogP contribution >= 0.6 is 11.6 Å². The zero-order valence-corrected chi connectivity index (χ0v) is 18.4. The maximum absolute atomic E-state index is 11.1. The van der Waals surface area contributed by atoms with E-state index in [9.17, 15) is 4.79 Å². The predicted octanol–water partition coefficient (Wildman–Crippen LogP) is 5.81. The predicted molar refractivity (Wildman–Crippen MR) is 127 cm³/mol. The van der Waals surface area contributed by atoms with Crippen molar-refractivity contribution in [3.05, 3.63) is 88.9 Å². The Balaban J connectivity index is 1.39. The lowest BCUT2D eigenvalue weighted by atomic mass is 9.97. The SMILES string of the molecule is CN(Cc1ccccc1-c1ccc(Cl)cc1)C1CCN(c2ccc(C(=O)O)cc2)CC1. The Morgan fingerprint density at radius 2 is 1.65 bits per heavy atom. The van der Waals surface area contributed by atoms with Gasteiger partial charge in [-0.3, -0.25) is 4.90 Å². The number of carboxylic acids is 1. The van der Waals surface area contributed by atoms with Crippen molar-refractivity contribution in [3.8, 4) is 11.1 Å². The van der Waals surface area contributed by atoms with Crippen LogP contribution in [0.4, 0.5) is 5.69 Å². The number of halogens is 1. The number of hydrogen-bond acceptors (Lipinski definition) is 3. The molecule has 0 amide bonds. The Labute approximate surface area is 188 Å². The van der Waals surface area contributed by atoms with Gasteiger partial charge in [0.05, 0.1) is 5.56 Å². The lowest BCUT2D eigenvalue weighted by Crippen LogP contribution is -2.43. The number of carboxylic acid groups (broad SMARTS) is 1. The quantitative estimate of drug-likeness (QED) is 0.532. The molecule has 1 saturated heterocycles. The molecule has 0 spiro atoms. The van der Waals surface area contributed by atoms with Gasteiger partial charge in [0.2, 0.25) is 0 Å². The molecule has 1 fully saturated rings. The molecule has 3 aromatic rings. The molecule has 1 aliphatic rings. The molecule has 0 aromatic heterocycles. The third-order valence-electron chi connectivity index (χ3n) is 6.16. The van der Waals surface area contributed by atoms with Gasteiger partial charge in [-0.1, -0.05) is 48.0 Å². The highest BCUT2D eigenvalue weighted by atomic mass is 35.5. The van der Waals surface area contributed by atoms with Gasteiger partial charge in [0, 0.05) is 36.4 Å². The summed E-state index contributed by atoms with van der Waals surface area (Å²) in [6, 6.07) is 24.3. The number of aromatic carboxylic acids is 1. The Morgan fingerprint density at radius 1 is 1.00 bits per heavy atom. The Morgan fingerprint density at radius 3 is 2.29 bits per heavy atom. The smallest absolute Gasteiger partial charge is 0.335 e. The molecule has 5 heteroatoms. The molecule has 0 atom stereocenters. The van der Waals surface area contributed by atoms with Crippen LogP contribution in [0, 0.1) is 0 Å². The minimum atomic E-state index is -0.884. The van der Waals surface area contributed by atoms with Crippen LogP contribution in [0.2, 0.25) is 5.02 Å². The molecule has 0 saturated carbocycles. The molecular formula is C26H27ClN2O2. The molecule has 1 heterocycles. The number of rotatable bonds is 6. The molecule has 0 aliphatic carbocycles. The first kappa shape index (κ1) is 21.4. The summed E-state index contributed by atoms with van der Waals surface area (Å²) in [5, 5.41) is 9.83. The maximum Gasteiger partial charge on any atom is 0.335 e. The zero-order chi connectivity index (χ0) is 21.8. The van der Waals surface area contributed by atoms with Gasteiger partial charge in [-0.05, 0) is 73.0 Å². The van der Waals surface area contributed by atoms with Crippen molar-refractivity contribution in [3.63, 3.8) is 0 Å². The number of nitrogens with zero attached hydrogens (tertiary/aromatic N) is 2. The van der Waals surface area contributed by atoms with E-state index in [0.29, 0.717) is 11.6 Å². The van der Waals surface area contributed by atoms with E-state index < -0.39 is 5.97 Å². The second kappa shape index (κ2) is 9.54. The lowest BCUT2D eigenvalue weighted by Gasteiger charge is -2.38. The summed E-state index contributed by atoms with van der Waals surface area (Å²) in [5.74, 6) is -0.884. The molecule has 3 aromatic carbocycles.